The Morgan fingerprint density at radius 3 is 2.50 bits per heavy atom. The fourth-order valence-electron chi connectivity index (χ4n) is 2.15. The van der Waals surface area contributed by atoms with Crippen LogP contribution in [0, 0.1) is 11.8 Å². The van der Waals surface area contributed by atoms with Crippen LogP contribution in [0.25, 0.3) is 0 Å². The van der Waals surface area contributed by atoms with E-state index in [2.05, 4.69) is 19.1 Å². The number of carbonyl (C=O) groups excluding carboxylic acids is 1. The molecule has 2 rings (SSSR count). The summed E-state index contributed by atoms with van der Waals surface area (Å²) in [5.74, 6) is 0.780. The summed E-state index contributed by atoms with van der Waals surface area (Å²) in [7, 11) is 1.45. The summed E-state index contributed by atoms with van der Waals surface area (Å²) < 4.78 is 4.76. The summed E-state index contributed by atoms with van der Waals surface area (Å²) in [6, 6.07) is 10.2. The van der Waals surface area contributed by atoms with Gasteiger partial charge < -0.3 is 4.74 Å². The average Bonchev–Trinajstić information content (AvgIpc) is 2.90. The van der Waals surface area contributed by atoms with E-state index in [9.17, 15) is 4.79 Å². The third-order valence-electron chi connectivity index (χ3n) is 3.04. The van der Waals surface area contributed by atoms with Gasteiger partial charge in [0.1, 0.15) is 0 Å². The van der Waals surface area contributed by atoms with Crippen LogP contribution in [-0.4, -0.2) is 13.1 Å². The van der Waals surface area contributed by atoms with Gasteiger partial charge in [0.2, 0.25) is 0 Å². The lowest BCUT2D eigenvalue weighted by Crippen LogP contribution is -2.04. The predicted octanol–water partition coefficient (Wildman–Crippen LogP) is 2.21. The Hall–Kier alpha value is -1.31. The van der Waals surface area contributed by atoms with Gasteiger partial charge in [-0.1, -0.05) is 37.3 Å². The molecule has 0 heterocycles. The molecule has 1 aromatic carbocycles. The molecule has 1 aromatic rings. The summed E-state index contributed by atoms with van der Waals surface area (Å²) in [5, 5.41) is 0. The second-order valence-electron chi connectivity index (χ2n) is 3.84. The molecule has 1 aliphatic carbocycles. The van der Waals surface area contributed by atoms with Gasteiger partial charge in [0.25, 0.3) is 0 Å². The second-order valence-corrected chi connectivity index (χ2v) is 3.84. The molecule has 1 saturated carbocycles. The van der Waals surface area contributed by atoms with E-state index in [1.807, 2.05) is 18.2 Å². The lowest BCUT2D eigenvalue weighted by molar-refractivity contribution is -0.142. The molecule has 0 amide bonds. The van der Waals surface area contributed by atoms with Crippen molar-refractivity contribution < 1.29 is 9.53 Å². The number of benzene rings is 1. The maximum absolute atomic E-state index is 11.3. The first kappa shape index (κ1) is 9.25. The number of esters is 1. The van der Waals surface area contributed by atoms with Crippen LogP contribution in [0.5, 0.6) is 0 Å². The quantitative estimate of drug-likeness (QED) is 0.668. The van der Waals surface area contributed by atoms with Crippen LogP contribution >= 0.6 is 0 Å². The fraction of sp³-hybridized carbons (Fsp3) is 0.417. The molecule has 0 radical (unpaired) electrons. The fourth-order valence-corrected chi connectivity index (χ4v) is 2.15. The standard InChI is InChI=1S/C12H14O2/c1-8-10(11(8)12(13)14-2)9-6-4-3-5-7-9/h3-8,10-11H,1-2H3. The van der Waals surface area contributed by atoms with Gasteiger partial charge in [0.05, 0.1) is 13.0 Å². The number of ether oxygens (including phenoxy) is 1. The number of methoxy groups -OCH3 is 1. The summed E-state index contributed by atoms with van der Waals surface area (Å²) in [5.41, 5.74) is 1.25. The van der Waals surface area contributed by atoms with Crippen LogP contribution in [0.2, 0.25) is 0 Å². The van der Waals surface area contributed by atoms with E-state index in [4.69, 9.17) is 4.74 Å². The highest BCUT2D eigenvalue weighted by Crippen LogP contribution is 2.54. The van der Waals surface area contributed by atoms with Gasteiger partial charge >= 0.3 is 5.97 Å². The molecule has 2 heteroatoms. The van der Waals surface area contributed by atoms with Crippen LogP contribution in [0.15, 0.2) is 30.3 Å². The Bertz CT molecular complexity index is 331. The maximum atomic E-state index is 11.3. The minimum atomic E-state index is -0.0775. The summed E-state index contributed by atoms with van der Waals surface area (Å²) in [6.45, 7) is 2.10. The summed E-state index contributed by atoms with van der Waals surface area (Å²) in [6.07, 6.45) is 0. The SMILES string of the molecule is COC(=O)C1C(C)C1c1ccccc1. The molecule has 0 aliphatic heterocycles. The largest absolute Gasteiger partial charge is 0.469 e. The van der Waals surface area contributed by atoms with Crippen molar-refractivity contribution in [1.29, 1.82) is 0 Å². The van der Waals surface area contributed by atoms with Crippen molar-refractivity contribution in [3.63, 3.8) is 0 Å². The normalized spacial score (nSPS) is 29.7. The highest BCUT2D eigenvalue weighted by atomic mass is 16.5. The van der Waals surface area contributed by atoms with Gasteiger partial charge in [0, 0.05) is 5.92 Å². The van der Waals surface area contributed by atoms with Gasteiger partial charge in [-0.3, -0.25) is 4.79 Å². The number of rotatable bonds is 2. The Kier molecular flexibility index (Phi) is 2.28. The third kappa shape index (κ3) is 1.41. The van der Waals surface area contributed by atoms with E-state index >= 15 is 0 Å². The van der Waals surface area contributed by atoms with Crippen LogP contribution in [-0.2, 0) is 9.53 Å². The molecule has 3 unspecified atom stereocenters. The first-order valence-corrected chi connectivity index (χ1v) is 4.88. The van der Waals surface area contributed by atoms with E-state index in [1.165, 1.54) is 12.7 Å². The Balaban J connectivity index is 2.13. The van der Waals surface area contributed by atoms with Crippen molar-refractivity contribution in [3.8, 4) is 0 Å². The van der Waals surface area contributed by atoms with Crippen LogP contribution in [0.1, 0.15) is 18.4 Å². The minimum absolute atomic E-state index is 0.0717. The number of hydrogen-bond acceptors (Lipinski definition) is 2. The highest BCUT2D eigenvalue weighted by Gasteiger charge is 2.53. The zero-order valence-electron chi connectivity index (χ0n) is 8.44. The first-order valence-electron chi connectivity index (χ1n) is 4.88. The van der Waals surface area contributed by atoms with Gasteiger partial charge in [-0.25, -0.2) is 0 Å². The van der Waals surface area contributed by atoms with E-state index in [0.717, 1.165) is 0 Å². The topological polar surface area (TPSA) is 26.3 Å². The molecule has 0 saturated heterocycles. The Labute approximate surface area is 83.9 Å². The number of carbonyl (C=O) groups is 1. The lowest BCUT2D eigenvalue weighted by Gasteiger charge is -1.98. The molecule has 1 fully saturated rings. The van der Waals surface area contributed by atoms with Crippen molar-refractivity contribution in [2.24, 2.45) is 11.8 Å². The molecule has 0 N–H and O–H groups in total. The van der Waals surface area contributed by atoms with E-state index in [-0.39, 0.29) is 11.9 Å². The van der Waals surface area contributed by atoms with Crippen molar-refractivity contribution in [2.45, 2.75) is 12.8 Å². The van der Waals surface area contributed by atoms with Gasteiger partial charge in [-0.15, -0.1) is 0 Å². The third-order valence-corrected chi connectivity index (χ3v) is 3.04. The molecule has 14 heavy (non-hydrogen) atoms. The second kappa shape index (κ2) is 3.45. The monoisotopic (exact) mass is 190 g/mol. The summed E-state index contributed by atoms with van der Waals surface area (Å²) in [4.78, 5) is 11.3. The van der Waals surface area contributed by atoms with E-state index in [0.29, 0.717) is 11.8 Å². The molecule has 74 valence electrons. The molecule has 3 atom stereocenters. The average molecular weight is 190 g/mol. The molecule has 1 aliphatic rings. The zero-order valence-corrected chi connectivity index (χ0v) is 8.44. The smallest absolute Gasteiger partial charge is 0.309 e. The molecule has 2 nitrogen and oxygen atoms in total. The first-order chi connectivity index (χ1) is 6.75. The van der Waals surface area contributed by atoms with Gasteiger partial charge in [-0.2, -0.15) is 0 Å². The van der Waals surface area contributed by atoms with Gasteiger partial charge in [-0.05, 0) is 11.5 Å². The van der Waals surface area contributed by atoms with E-state index in [1.54, 1.807) is 0 Å². The predicted molar refractivity (Wildman–Crippen MR) is 53.9 cm³/mol. The zero-order chi connectivity index (χ0) is 10.1. The molecule has 0 spiro atoms. The number of hydrogen-bond donors (Lipinski definition) is 0. The maximum Gasteiger partial charge on any atom is 0.309 e. The van der Waals surface area contributed by atoms with Crippen molar-refractivity contribution >= 4 is 5.97 Å². The summed E-state index contributed by atoms with van der Waals surface area (Å²) >= 11 is 0. The molecular weight excluding hydrogens is 176 g/mol. The highest BCUT2D eigenvalue weighted by molar-refractivity contribution is 5.78. The van der Waals surface area contributed by atoms with Crippen LogP contribution < -0.4 is 0 Å². The van der Waals surface area contributed by atoms with Crippen molar-refractivity contribution in [3.05, 3.63) is 35.9 Å². The lowest BCUT2D eigenvalue weighted by atomic mass is 10.1. The molecular formula is C12H14O2. The van der Waals surface area contributed by atoms with Crippen molar-refractivity contribution in [1.82, 2.24) is 0 Å². The van der Waals surface area contributed by atoms with Crippen molar-refractivity contribution in [2.75, 3.05) is 7.11 Å². The molecule has 0 aromatic heterocycles. The Morgan fingerprint density at radius 2 is 1.93 bits per heavy atom. The van der Waals surface area contributed by atoms with Crippen LogP contribution in [0.3, 0.4) is 0 Å². The van der Waals surface area contributed by atoms with Crippen LogP contribution in [0.4, 0.5) is 0 Å². The van der Waals surface area contributed by atoms with Gasteiger partial charge in [0.15, 0.2) is 0 Å². The molecule has 0 bridgehead atoms. The van der Waals surface area contributed by atoms with E-state index < -0.39 is 0 Å². The Morgan fingerprint density at radius 1 is 1.29 bits per heavy atom. The minimum Gasteiger partial charge on any atom is -0.469 e.